The van der Waals surface area contributed by atoms with Gasteiger partial charge in [-0.1, -0.05) is 91.0 Å². The number of pyridine rings is 1. The summed E-state index contributed by atoms with van der Waals surface area (Å²) in [6, 6.07) is 38.8. The molecule has 6 aromatic rings. The first-order chi connectivity index (χ1) is 20.0. The maximum atomic E-state index is 11.3. The first kappa shape index (κ1) is 25.8. The van der Waals surface area contributed by atoms with E-state index in [1.165, 1.54) is 6.08 Å². The van der Waals surface area contributed by atoms with Gasteiger partial charge < -0.3 is 10.8 Å². The van der Waals surface area contributed by atoms with Crippen LogP contribution in [0.15, 0.2) is 128 Å². The smallest absolute Gasteiger partial charge is 0.328 e. The Labute approximate surface area is 238 Å². The third-order valence-electron chi connectivity index (χ3n) is 7.35. The molecule has 2 aromatic heterocycles. The van der Waals surface area contributed by atoms with Gasteiger partial charge in [0.2, 0.25) is 0 Å². The molecule has 0 saturated carbocycles. The van der Waals surface area contributed by atoms with Crippen LogP contribution >= 0.6 is 0 Å². The highest BCUT2D eigenvalue weighted by Crippen LogP contribution is 2.44. The largest absolute Gasteiger partial charge is 0.478 e. The Bertz CT molecular complexity index is 1780. The Morgan fingerprint density at radius 1 is 0.829 bits per heavy atom. The summed E-state index contributed by atoms with van der Waals surface area (Å²) in [5.41, 5.74) is 13.2. The zero-order chi connectivity index (χ0) is 28.4. The van der Waals surface area contributed by atoms with Gasteiger partial charge in [-0.3, -0.25) is 4.98 Å². The van der Waals surface area contributed by atoms with Crippen molar-refractivity contribution in [2.24, 2.45) is 0 Å². The molecule has 0 saturated heterocycles. The minimum atomic E-state index is -1.04. The highest BCUT2D eigenvalue weighted by Gasteiger charge is 2.41. The zero-order valence-corrected chi connectivity index (χ0v) is 22.5. The molecule has 2 heterocycles. The Morgan fingerprint density at radius 2 is 1.39 bits per heavy atom. The zero-order valence-electron chi connectivity index (χ0n) is 22.5. The average Bonchev–Trinajstić information content (AvgIpc) is 3.36. The third kappa shape index (κ3) is 4.55. The van der Waals surface area contributed by atoms with Crippen LogP contribution in [0.3, 0.4) is 0 Å². The van der Waals surface area contributed by atoms with Gasteiger partial charge in [0, 0.05) is 34.6 Å². The van der Waals surface area contributed by atoms with Crippen LogP contribution in [0, 0.1) is 6.92 Å². The topological polar surface area (TPSA) is 94.0 Å². The number of hydrogen-bond donors (Lipinski definition) is 2. The molecule has 200 valence electrons. The standard InChI is InChI=1S/C35H28N4O2/c1-24-21-26(19-20-37-24)34-30-22-25(17-18-33(40)41)31(36)23-32(30)39(38-34)35(27-11-5-2-6-12-27,28-13-7-3-8-14-28)29-15-9-4-10-16-29/h2-23H,36H2,1H3,(H,40,41)/b18-17+. The number of aromatic nitrogens is 3. The second-order valence-corrected chi connectivity index (χ2v) is 9.92. The number of carbonyl (C=O) groups is 1. The summed E-state index contributed by atoms with van der Waals surface area (Å²) in [4.78, 5) is 15.7. The van der Waals surface area contributed by atoms with E-state index in [2.05, 4.69) is 46.1 Å². The molecule has 0 spiro atoms. The van der Waals surface area contributed by atoms with Gasteiger partial charge in [0.15, 0.2) is 0 Å². The molecule has 0 unspecified atom stereocenters. The van der Waals surface area contributed by atoms with Crippen LogP contribution in [-0.2, 0) is 10.3 Å². The van der Waals surface area contributed by atoms with Crippen molar-refractivity contribution in [2.45, 2.75) is 12.5 Å². The molecule has 3 N–H and O–H groups in total. The summed E-state index contributed by atoms with van der Waals surface area (Å²) in [6.07, 6.45) is 4.40. The number of aryl methyl sites for hydroxylation is 1. The molecule has 0 atom stereocenters. The fraction of sp³-hybridized carbons (Fsp3) is 0.0571. The second kappa shape index (κ2) is 10.6. The summed E-state index contributed by atoms with van der Waals surface area (Å²) >= 11 is 0. The molecule has 0 radical (unpaired) electrons. The fourth-order valence-corrected chi connectivity index (χ4v) is 5.57. The maximum Gasteiger partial charge on any atom is 0.328 e. The minimum Gasteiger partial charge on any atom is -0.478 e. The number of carboxylic acids is 1. The third-order valence-corrected chi connectivity index (χ3v) is 7.35. The van der Waals surface area contributed by atoms with Crippen molar-refractivity contribution >= 4 is 28.6 Å². The molecule has 0 bridgehead atoms. The lowest BCUT2D eigenvalue weighted by atomic mass is 9.77. The first-order valence-corrected chi connectivity index (χ1v) is 13.3. The highest BCUT2D eigenvalue weighted by molar-refractivity contribution is 5.99. The number of nitrogens with two attached hydrogens (primary N) is 1. The summed E-state index contributed by atoms with van der Waals surface area (Å²) < 4.78 is 2.06. The van der Waals surface area contributed by atoms with E-state index < -0.39 is 11.5 Å². The average molecular weight is 537 g/mol. The normalized spacial score (nSPS) is 11.7. The summed E-state index contributed by atoms with van der Waals surface area (Å²) in [5, 5.41) is 15.5. The number of hydrogen-bond acceptors (Lipinski definition) is 4. The molecular formula is C35H28N4O2. The second-order valence-electron chi connectivity index (χ2n) is 9.92. The highest BCUT2D eigenvalue weighted by atomic mass is 16.4. The van der Waals surface area contributed by atoms with Crippen LogP contribution in [-0.4, -0.2) is 25.8 Å². The molecule has 6 heteroatoms. The minimum absolute atomic E-state index is 0.455. The number of aliphatic carboxylic acids is 1. The predicted molar refractivity (Wildman–Crippen MR) is 163 cm³/mol. The van der Waals surface area contributed by atoms with E-state index in [1.54, 1.807) is 6.20 Å². The lowest BCUT2D eigenvalue weighted by Gasteiger charge is -2.37. The number of anilines is 1. The quantitative estimate of drug-likeness (QED) is 0.131. The molecule has 0 fully saturated rings. The fourth-order valence-electron chi connectivity index (χ4n) is 5.57. The number of carboxylic acid groups (broad SMARTS) is 1. The van der Waals surface area contributed by atoms with Crippen molar-refractivity contribution in [1.82, 2.24) is 14.8 Å². The van der Waals surface area contributed by atoms with Gasteiger partial charge in [0.05, 0.1) is 5.52 Å². The number of fused-ring (bicyclic) bond motifs is 1. The number of rotatable bonds is 7. The number of nitrogen functional groups attached to an aromatic ring is 1. The van der Waals surface area contributed by atoms with E-state index in [-0.39, 0.29) is 0 Å². The monoisotopic (exact) mass is 536 g/mol. The Kier molecular flexibility index (Phi) is 6.65. The molecule has 0 aliphatic heterocycles. The van der Waals surface area contributed by atoms with E-state index in [1.807, 2.05) is 85.8 Å². The molecule has 0 aliphatic carbocycles. The van der Waals surface area contributed by atoms with Crippen molar-refractivity contribution in [1.29, 1.82) is 0 Å². The van der Waals surface area contributed by atoms with Crippen LogP contribution in [0.2, 0.25) is 0 Å². The van der Waals surface area contributed by atoms with E-state index in [0.29, 0.717) is 11.3 Å². The van der Waals surface area contributed by atoms with Crippen molar-refractivity contribution in [3.63, 3.8) is 0 Å². The first-order valence-electron chi connectivity index (χ1n) is 13.3. The molecule has 6 rings (SSSR count). The van der Waals surface area contributed by atoms with E-state index in [0.717, 1.165) is 50.6 Å². The van der Waals surface area contributed by atoms with Gasteiger partial charge in [-0.05, 0) is 59.5 Å². The van der Waals surface area contributed by atoms with Crippen molar-refractivity contribution < 1.29 is 9.90 Å². The summed E-state index contributed by atoms with van der Waals surface area (Å²) in [6.45, 7) is 1.95. The van der Waals surface area contributed by atoms with Crippen molar-refractivity contribution in [3.05, 3.63) is 155 Å². The van der Waals surface area contributed by atoms with E-state index in [9.17, 15) is 9.90 Å². The van der Waals surface area contributed by atoms with Crippen molar-refractivity contribution in [3.8, 4) is 11.3 Å². The molecule has 6 nitrogen and oxygen atoms in total. The predicted octanol–water partition coefficient (Wildman–Crippen LogP) is 6.93. The molecular weight excluding hydrogens is 508 g/mol. The van der Waals surface area contributed by atoms with Crippen molar-refractivity contribution in [2.75, 3.05) is 5.73 Å². The van der Waals surface area contributed by atoms with Gasteiger partial charge in [-0.2, -0.15) is 5.10 Å². The maximum absolute atomic E-state index is 11.3. The molecule has 0 aliphatic rings. The van der Waals surface area contributed by atoms with Crippen LogP contribution in [0.1, 0.15) is 27.9 Å². The lowest BCUT2D eigenvalue weighted by molar-refractivity contribution is -0.131. The van der Waals surface area contributed by atoms with Crippen LogP contribution in [0.25, 0.3) is 28.2 Å². The number of nitrogens with zero attached hydrogens (tertiary/aromatic N) is 3. The Morgan fingerprint density at radius 3 is 1.90 bits per heavy atom. The molecule has 4 aromatic carbocycles. The van der Waals surface area contributed by atoms with Gasteiger partial charge in [-0.15, -0.1) is 0 Å². The van der Waals surface area contributed by atoms with Gasteiger partial charge >= 0.3 is 5.97 Å². The Balaban J connectivity index is 1.79. The van der Waals surface area contributed by atoms with Gasteiger partial charge in [0.25, 0.3) is 0 Å². The van der Waals surface area contributed by atoms with Crippen LogP contribution in [0.4, 0.5) is 5.69 Å². The number of benzene rings is 4. The molecule has 0 amide bonds. The summed E-state index contributed by atoms with van der Waals surface area (Å²) in [5.74, 6) is -1.04. The molecule has 41 heavy (non-hydrogen) atoms. The Hall–Kier alpha value is -5.49. The van der Waals surface area contributed by atoms with Crippen LogP contribution < -0.4 is 5.73 Å². The van der Waals surface area contributed by atoms with Crippen LogP contribution in [0.5, 0.6) is 0 Å². The van der Waals surface area contributed by atoms with E-state index in [4.69, 9.17) is 10.8 Å². The summed E-state index contributed by atoms with van der Waals surface area (Å²) in [7, 11) is 0. The lowest BCUT2D eigenvalue weighted by Crippen LogP contribution is -2.38. The van der Waals surface area contributed by atoms with Gasteiger partial charge in [0.1, 0.15) is 11.2 Å². The van der Waals surface area contributed by atoms with E-state index >= 15 is 0 Å². The SMILES string of the molecule is Cc1cc(-c2nn(C(c3ccccc3)(c3ccccc3)c3ccccc3)c3cc(N)c(/C=C/C(=O)O)cc23)ccn1. The van der Waals surface area contributed by atoms with Gasteiger partial charge in [-0.25, -0.2) is 9.48 Å².